The lowest BCUT2D eigenvalue weighted by atomic mass is 9.46. The van der Waals surface area contributed by atoms with Crippen molar-refractivity contribution in [2.24, 2.45) is 28.6 Å². The van der Waals surface area contributed by atoms with Crippen molar-refractivity contribution in [3.63, 3.8) is 0 Å². The molecule has 0 radical (unpaired) electrons. The van der Waals surface area contributed by atoms with Gasteiger partial charge in [0.25, 0.3) is 0 Å². The molecule has 5 aliphatic rings. The van der Waals surface area contributed by atoms with E-state index >= 15 is 0 Å². The summed E-state index contributed by atoms with van der Waals surface area (Å²) in [5.74, 6) is -3.67. The lowest BCUT2D eigenvalue weighted by Gasteiger charge is -2.59. The van der Waals surface area contributed by atoms with E-state index in [9.17, 15) is 19.8 Å². The van der Waals surface area contributed by atoms with Crippen LogP contribution in [0.25, 0.3) is 0 Å². The minimum atomic E-state index is -3.21. The quantitative estimate of drug-likeness (QED) is 0.704. The van der Waals surface area contributed by atoms with Gasteiger partial charge in [-0.25, -0.2) is 0 Å². The molecule has 0 aromatic rings. The van der Waals surface area contributed by atoms with Gasteiger partial charge in [-0.3, -0.25) is 9.59 Å². The van der Waals surface area contributed by atoms with Crippen molar-refractivity contribution in [1.82, 2.24) is 0 Å². The van der Waals surface area contributed by atoms with E-state index in [0.717, 1.165) is 0 Å². The summed E-state index contributed by atoms with van der Waals surface area (Å²) in [7, 11) is 0. The molecule has 1 unspecified atom stereocenters. The first-order valence-corrected chi connectivity index (χ1v) is 11.2. The Hall–Kier alpha value is -1.34. The highest BCUT2D eigenvalue weighted by Gasteiger charge is 2.75. The summed E-state index contributed by atoms with van der Waals surface area (Å²) in [5.41, 5.74) is -4.37. The summed E-state index contributed by atoms with van der Waals surface area (Å²) in [6.45, 7) is 2.09. The fourth-order valence-corrected chi connectivity index (χ4v) is 7.44. The van der Waals surface area contributed by atoms with Gasteiger partial charge in [0, 0.05) is 19.5 Å². The van der Waals surface area contributed by atoms with Gasteiger partial charge in [-0.1, -0.05) is 38.8 Å². The van der Waals surface area contributed by atoms with Crippen LogP contribution in [0.4, 0.5) is 0 Å². The molecule has 0 spiro atoms. The van der Waals surface area contributed by atoms with E-state index in [1.807, 2.05) is 6.92 Å². The molecule has 1 aliphatic heterocycles. The van der Waals surface area contributed by atoms with Crippen LogP contribution in [0.5, 0.6) is 0 Å². The van der Waals surface area contributed by atoms with Gasteiger partial charge in [0.05, 0.1) is 17.7 Å². The predicted octanol–water partition coefficient (Wildman–Crippen LogP) is 2.72. The van der Waals surface area contributed by atoms with Crippen molar-refractivity contribution in [2.45, 2.75) is 83.3 Å². The summed E-state index contributed by atoms with van der Waals surface area (Å²) >= 11 is 0. The molecule has 6 heteroatoms. The Labute approximate surface area is 192 Å². The summed E-state index contributed by atoms with van der Waals surface area (Å²) in [6, 6.07) is -0.956. The standard InChI is InChI=1S/C25H34O6/c1-4-5-21-30-20-11-17-16-7-6-14-10-15(27)8-9-23(14,2)22(16)18(28)12-24(17,3)25(20,31-21)19(29)13-26/h8-10,16-18,20-22,26,28H,4-7,11-13H2,1-3H3/t16-,17+,18+,20+,21?,22+,23-,24-,25+/m0/s1/i6D2,8D,10D,13D2. The molecule has 31 heavy (non-hydrogen) atoms. The maximum atomic E-state index is 13.6. The zero-order valence-corrected chi connectivity index (χ0v) is 18.1. The van der Waals surface area contributed by atoms with Crippen molar-refractivity contribution in [3.8, 4) is 0 Å². The van der Waals surface area contributed by atoms with E-state index in [0.29, 0.717) is 12.8 Å². The smallest absolute Gasteiger partial charge is 0.193 e. The summed E-state index contributed by atoms with van der Waals surface area (Å²) < 4.78 is 62.4. The Kier molecular flexibility index (Phi) is 3.54. The fourth-order valence-electron chi connectivity index (χ4n) is 7.44. The van der Waals surface area contributed by atoms with Crippen LogP contribution in [-0.4, -0.2) is 52.4 Å². The van der Waals surface area contributed by atoms with Crippen molar-refractivity contribution < 1.29 is 37.5 Å². The molecule has 4 aliphatic carbocycles. The Morgan fingerprint density at radius 1 is 1.45 bits per heavy atom. The van der Waals surface area contributed by atoms with Crippen LogP contribution in [0.1, 0.15) is 67.5 Å². The van der Waals surface area contributed by atoms with Gasteiger partial charge in [-0.2, -0.15) is 0 Å². The molecule has 1 heterocycles. The summed E-state index contributed by atoms with van der Waals surface area (Å²) in [5, 5.41) is 21.9. The van der Waals surface area contributed by atoms with E-state index < -0.39 is 89.3 Å². The summed E-state index contributed by atoms with van der Waals surface area (Å²) in [6.07, 6.45) is -2.31. The number of aliphatic hydroxyl groups excluding tert-OH is 1. The highest BCUT2D eigenvalue weighted by atomic mass is 16.7. The molecule has 1 saturated heterocycles. The van der Waals surface area contributed by atoms with Crippen LogP contribution in [0.15, 0.2) is 23.8 Å². The lowest BCUT2D eigenvalue weighted by molar-refractivity contribution is -0.200. The maximum Gasteiger partial charge on any atom is 0.193 e. The second kappa shape index (κ2) is 7.08. The van der Waals surface area contributed by atoms with Gasteiger partial charge in [-0.15, -0.1) is 0 Å². The predicted molar refractivity (Wildman–Crippen MR) is 113 cm³/mol. The first kappa shape index (κ1) is 15.5. The molecule has 5 rings (SSSR count). The number of Topliss-reactive ketones (excluding diaryl/α,β-unsaturated/α-hetero) is 1. The monoisotopic (exact) mass is 436 g/mol. The third-order valence-corrected chi connectivity index (χ3v) is 8.70. The topological polar surface area (TPSA) is 93.1 Å². The molecule has 0 aromatic carbocycles. The number of carbonyl (C=O) groups is 2. The number of allylic oxidation sites excluding steroid dienone is 4. The molecule has 9 atom stereocenters. The SMILES string of the molecule is [2H]C1=C[C@@]2(C)C(=C([2H])C1=O)C([2H])([2H])C[C@@H]1[C@@H]2[C@H](O)C[C@@]2(C)[C@@H]1C[C@H]1OC(CCC)O[C@]12C(=O)C([2H])([2H])O. The van der Waals surface area contributed by atoms with Crippen LogP contribution >= 0.6 is 0 Å². The van der Waals surface area contributed by atoms with Crippen LogP contribution in [0.2, 0.25) is 0 Å². The largest absolute Gasteiger partial charge is 0.393 e. The van der Waals surface area contributed by atoms with Gasteiger partial charge in [0.1, 0.15) is 6.56 Å². The first-order valence-electron chi connectivity index (χ1n) is 14.2. The van der Waals surface area contributed by atoms with Crippen LogP contribution in [0.3, 0.4) is 0 Å². The maximum absolute atomic E-state index is 13.6. The van der Waals surface area contributed by atoms with Crippen molar-refractivity contribution in [3.05, 3.63) is 23.8 Å². The van der Waals surface area contributed by atoms with Crippen LogP contribution in [0, 0.1) is 28.6 Å². The van der Waals surface area contributed by atoms with Gasteiger partial charge in [0.15, 0.2) is 23.5 Å². The number of hydrogen-bond donors (Lipinski definition) is 2. The zero-order chi connectivity index (χ0) is 27.5. The molecule has 0 aromatic heterocycles. The molecule has 170 valence electrons. The molecule has 0 bridgehead atoms. The average molecular weight is 437 g/mol. The normalized spacial score (nSPS) is 55.9. The van der Waals surface area contributed by atoms with E-state index in [1.54, 1.807) is 13.8 Å². The number of carbonyl (C=O) groups excluding carboxylic acids is 2. The molecule has 4 fully saturated rings. The highest BCUT2D eigenvalue weighted by molar-refractivity contribution is 6.01. The van der Waals surface area contributed by atoms with Crippen molar-refractivity contribution in [2.75, 3.05) is 6.56 Å². The second-order valence-corrected chi connectivity index (χ2v) is 10.1. The molecule has 0 amide bonds. The third kappa shape index (κ3) is 2.65. The fraction of sp³-hybridized carbons (Fsp3) is 0.760. The van der Waals surface area contributed by atoms with Gasteiger partial charge >= 0.3 is 0 Å². The number of ether oxygens (including phenoxy) is 2. The average Bonchev–Trinajstić information content (AvgIpc) is 3.22. The van der Waals surface area contributed by atoms with Gasteiger partial charge in [-0.05, 0) is 56.0 Å². The molecule has 6 nitrogen and oxygen atoms in total. The number of rotatable bonds is 4. The van der Waals surface area contributed by atoms with E-state index in [2.05, 4.69) is 0 Å². The van der Waals surface area contributed by atoms with E-state index in [-0.39, 0.29) is 24.8 Å². The molecule has 2 N–H and O–H groups in total. The molecular formula is C25H34O6. The minimum Gasteiger partial charge on any atom is -0.393 e. The number of hydrogen-bond acceptors (Lipinski definition) is 6. The number of fused-ring (bicyclic) bond motifs is 7. The second-order valence-electron chi connectivity index (χ2n) is 10.1. The number of aliphatic hydroxyl groups is 2. The van der Waals surface area contributed by atoms with Crippen LogP contribution in [-0.2, 0) is 19.1 Å². The van der Waals surface area contributed by atoms with Gasteiger partial charge < -0.3 is 19.7 Å². The van der Waals surface area contributed by atoms with Crippen molar-refractivity contribution >= 4 is 11.6 Å². The van der Waals surface area contributed by atoms with E-state index in [4.69, 9.17) is 17.7 Å². The van der Waals surface area contributed by atoms with E-state index in [1.165, 1.54) is 6.08 Å². The Balaban J connectivity index is 1.65. The Morgan fingerprint density at radius 2 is 2.23 bits per heavy atom. The number of ketones is 2. The Morgan fingerprint density at radius 3 is 2.94 bits per heavy atom. The molecule has 3 saturated carbocycles. The van der Waals surface area contributed by atoms with Gasteiger partial charge in [0.2, 0.25) is 0 Å². The summed E-state index contributed by atoms with van der Waals surface area (Å²) in [4.78, 5) is 26.1. The van der Waals surface area contributed by atoms with Crippen molar-refractivity contribution in [1.29, 1.82) is 0 Å². The van der Waals surface area contributed by atoms with Crippen LogP contribution < -0.4 is 0 Å². The lowest BCUT2D eigenvalue weighted by Crippen LogP contribution is -2.63. The molecular weight excluding hydrogens is 396 g/mol. The first-order chi connectivity index (χ1) is 17.0. The third-order valence-electron chi connectivity index (χ3n) is 8.70. The minimum absolute atomic E-state index is 0.0202. The zero-order valence-electron chi connectivity index (χ0n) is 24.1. The Bertz CT molecular complexity index is 1120. The highest BCUT2D eigenvalue weighted by Crippen LogP contribution is 2.69.